The number of Topliss-reactive ketones (excluding diaryl/α,β-unsaturated/α-hetero) is 1. The molecule has 1 aliphatic carbocycles. The standard InChI is InChI=1S/C28H27N3O5/c1-3-16-8-10-17(11-9-16)18-12-22-26(24(32)14-18)27(30-21-7-5-4-6-20(21)29-22)19-13-23(31(34)35)28(33)25(15-19)36-2/h4-11,13,15,18,27,29-30,33H,3,12,14H2,1-2H3. The molecule has 3 aromatic carbocycles. The number of rotatable bonds is 5. The van der Waals surface area contributed by atoms with E-state index in [0.717, 1.165) is 29.1 Å². The SMILES string of the molecule is CCc1ccc(C2CC(=O)C3=C(C2)Nc2ccccc2NC3c2cc(OC)c(O)c([N+](=O)[O-])c2)cc1. The number of hydrogen-bond donors (Lipinski definition) is 3. The first-order valence-corrected chi connectivity index (χ1v) is 11.9. The highest BCUT2D eigenvalue weighted by molar-refractivity contribution is 6.01. The molecule has 8 heteroatoms. The number of aromatic hydroxyl groups is 1. The summed E-state index contributed by atoms with van der Waals surface area (Å²) in [6.07, 6.45) is 1.90. The third kappa shape index (κ3) is 4.15. The number of allylic oxidation sites excluding steroid dienone is 1. The monoisotopic (exact) mass is 485 g/mol. The molecule has 0 spiro atoms. The number of phenols is 1. The van der Waals surface area contributed by atoms with Crippen molar-refractivity contribution in [1.29, 1.82) is 0 Å². The molecule has 3 N–H and O–H groups in total. The number of ketones is 1. The topological polar surface area (TPSA) is 114 Å². The van der Waals surface area contributed by atoms with Crippen LogP contribution in [0.2, 0.25) is 0 Å². The molecule has 2 atom stereocenters. The van der Waals surface area contributed by atoms with Crippen molar-refractivity contribution in [2.45, 2.75) is 38.1 Å². The fraction of sp³-hybridized carbons (Fsp3) is 0.250. The molecule has 0 radical (unpaired) electrons. The van der Waals surface area contributed by atoms with E-state index in [9.17, 15) is 20.0 Å². The second kappa shape index (κ2) is 9.37. The Hall–Kier alpha value is -4.33. The van der Waals surface area contributed by atoms with E-state index < -0.39 is 22.4 Å². The molecule has 1 heterocycles. The molecular formula is C28H27N3O5. The maximum absolute atomic E-state index is 13.7. The van der Waals surface area contributed by atoms with Gasteiger partial charge in [0.1, 0.15) is 0 Å². The number of phenolic OH excluding ortho intramolecular Hbond substituents is 1. The van der Waals surface area contributed by atoms with Gasteiger partial charge in [-0.15, -0.1) is 0 Å². The van der Waals surface area contributed by atoms with Crippen LogP contribution in [0.1, 0.15) is 48.4 Å². The van der Waals surface area contributed by atoms with Crippen LogP contribution in [0.25, 0.3) is 0 Å². The second-order valence-corrected chi connectivity index (χ2v) is 9.11. The van der Waals surface area contributed by atoms with Crippen LogP contribution in [0.3, 0.4) is 0 Å². The zero-order valence-electron chi connectivity index (χ0n) is 20.1. The molecule has 1 aliphatic heterocycles. The van der Waals surface area contributed by atoms with Gasteiger partial charge in [0, 0.05) is 23.8 Å². The fourth-order valence-corrected chi connectivity index (χ4v) is 5.08. The summed E-state index contributed by atoms with van der Waals surface area (Å²) in [6.45, 7) is 2.11. The minimum Gasteiger partial charge on any atom is -0.500 e. The molecule has 0 saturated heterocycles. The molecular weight excluding hydrogens is 458 g/mol. The molecule has 0 bridgehead atoms. The third-order valence-corrected chi connectivity index (χ3v) is 7.00. The van der Waals surface area contributed by atoms with Crippen LogP contribution >= 0.6 is 0 Å². The van der Waals surface area contributed by atoms with Crippen molar-refractivity contribution in [2.75, 3.05) is 17.7 Å². The molecule has 36 heavy (non-hydrogen) atoms. The summed E-state index contributed by atoms with van der Waals surface area (Å²) in [4.78, 5) is 24.7. The van der Waals surface area contributed by atoms with Crippen LogP contribution in [0, 0.1) is 10.1 Å². The van der Waals surface area contributed by atoms with Crippen molar-refractivity contribution in [3.8, 4) is 11.5 Å². The van der Waals surface area contributed by atoms with Gasteiger partial charge in [-0.1, -0.05) is 43.3 Å². The summed E-state index contributed by atoms with van der Waals surface area (Å²) in [7, 11) is 1.34. The quantitative estimate of drug-likeness (QED) is 0.307. The van der Waals surface area contributed by atoms with E-state index in [4.69, 9.17) is 4.74 Å². The number of carbonyl (C=O) groups is 1. The van der Waals surface area contributed by atoms with Gasteiger partial charge >= 0.3 is 5.69 Å². The molecule has 0 fully saturated rings. The lowest BCUT2D eigenvalue weighted by Crippen LogP contribution is -2.27. The number of ether oxygens (including phenoxy) is 1. The van der Waals surface area contributed by atoms with Gasteiger partial charge in [0.25, 0.3) is 0 Å². The van der Waals surface area contributed by atoms with Crippen LogP contribution in [-0.2, 0) is 11.2 Å². The van der Waals surface area contributed by atoms with Gasteiger partial charge in [0.2, 0.25) is 5.75 Å². The van der Waals surface area contributed by atoms with Crippen molar-refractivity contribution in [2.24, 2.45) is 0 Å². The molecule has 2 unspecified atom stereocenters. The minimum absolute atomic E-state index is 0.0178. The largest absolute Gasteiger partial charge is 0.500 e. The summed E-state index contributed by atoms with van der Waals surface area (Å²) in [5.74, 6) is -0.582. The number of anilines is 2. The molecule has 8 nitrogen and oxygen atoms in total. The van der Waals surface area contributed by atoms with E-state index in [0.29, 0.717) is 24.0 Å². The number of hydrogen-bond acceptors (Lipinski definition) is 7. The van der Waals surface area contributed by atoms with Gasteiger partial charge in [-0.05, 0) is 53.6 Å². The molecule has 0 amide bonds. The first-order chi connectivity index (χ1) is 17.4. The van der Waals surface area contributed by atoms with E-state index in [2.05, 4.69) is 41.8 Å². The molecule has 184 valence electrons. The smallest absolute Gasteiger partial charge is 0.315 e. The van der Waals surface area contributed by atoms with Gasteiger partial charge in [0.05, 0.1) is 29.4 Å². The maximum atomic E-state index is 13.7. The average molecular weight is 486 g/mol. The summed E-state index contributed by atoms with van der Waals surface area (Å²) in [5, 5.41) is 28.8. The Morgan fingerprint density at radius 2 is 1.78 bits per heavy atom. The summed E-state index contributed by atoms with van der Waals surface area (Å²) in [5.41, 5.74) is 5.25. The molecule has 0 aromatic heterocycles. The van der Waals surface area contributed by atoms with Crippen LogP contribution in [-0.4, -0.2) is 22.9 Å². The van der Waals surface area contributed by atoms with Crippen molar-refractivity contribution in [3.05, 3.63) is 98.7 Å². The molecule has 2 aliphatic rings. The van der Waals surface area contributed by atoms with Crippen LogP contribution < -0.4 is 15.4 Å². The van der Waals surface area contributed by atoms with E-state index in [1.165, 1.54) is 18.7 Å². The number of nitro groups is 1. The molecule has 5 rings (SSSR count). The molecule has 0 saturated carbocycles. The van der Waals surface area contributed by atoms with Crippen LogP contribution in [0.4, 0.5) is 17.1 Å². The summed E-state index contributed by atoms with van der Waals surface area (Å²) in [6, 6.07) is 18.2. The number of methoxy groups -OCH3 is 1. The highest BCUT2D eigenvalue weighted by atomic mass is 16.6. The Balaban J connectivity index is 1.63. The average Bonchev–Trinajstić information content (AvgIpc) is 3.05. The van der Waals surface area contributed by atoms with Crippen molar-refractivity contribution in [1.82, 2.24) is 0 Å². The molecule has 3 aromatic rings. The van der Waals surface area contributed by atoms with Gasteiger partial charge in [-0.2, -0.15) is 0 Å². The van der Waals surface area contributed by atoms with Gasteiger partial charge in [0.15, 0.2) is 11.5 Å². The lowest BCUT2D eigenvalue weighted by molar-refractivity contribution is -0.386. The van der Waals surface area contributed by atoms with Crippen molar-refractivity contribution >= 4 is 22.8 Å². The first-order valence-electron chi connectivity index (χ1n) is 11.9. The number of nitrogens with zero attached hydrogens (tertiary/aromatic N) is 1. The summed E-state index contributed by atoms with van der Waals surface area (Å²) < 4.78 is 5.23. The zero-order valence-corrected chi connectivity index (χ0v) is 20.1. The Morgan fingerprint density at radius 1 is 1.06 bits per heavy atom. The number of carbonyl (C=O) groups excluding carboxylic acids is 1. The summed E-state index contributed by atoms with van der Waals surface area (Å²) >= 11 is 0. The fourth-order valence-electron chi connectivity index (χ4n) is 5.08. The third-order valence-electron chi connectivity index (χ3n) is 7.00. The maximum Gasteiger partial charge on any atom is 0.315 e. The van der Waals surface area contributed by atoms with E-state index in [-0.39, 0.29) is 17.5 Å². The van der Waals surface area contributed by atoms with Crippen molar-refractivity contribution < 1.29 is 19.6 Å². The lowest BCUT2D eigenvalue weighted by atomic mass is 9.78. The zero-order chi connectivity index (χ0) is 25.4. The number of aryl methyl sites for hydroxylation is 1. The Morgan fingerprint density at radius 3 is 2.44 bits per heavy atom. The van der Waals surface area contributed by atoms with Gasteiger partial charge < -0.3 is 20.5 Å². The Labute approximate surface area is 208 Å². The van der Waals surface area contributed by atoms with Gasteiger partial charge in [-0.3, -0.25) is 14.9 Å². The number of nitrogens with one attached hydrogen (secondary N) is 2. The highest BCUT2D eigenvalue weighted by Gasteiger charge is 2.37. The predicted octanol–water partition coefficient (Wildman–Crippen LogP) is 5.85. The Kier molecular flexibility index (Phi) is 6.10. The number of benzene rings is 3. The lowest BCUT2D eigenvalue weighted by Gasteiger charge is -2.30. The number of para-hydroxylation sites is 2. The number of fused-ring (bicyclic) bond motifs is 1. The Bertz CT molecular complexity index is 1380. The van der Waals surface area contributed by atoms with Gasteiger partial charge in [-0.25, -0.2) is 0 Å². The number of nitro benzene ring substituents is 1. The normalized spacial score (nSPS) is 18.9. The highest BCUT2D eigenvalue weighted by Crippen LogP contribution is 2.47. The van der Waals surface area contributed by atoms with E-state index in [1.807, 2.05) is 24.3 Å². The minimum atomic E-state index is -0.666. The first kappa shape index (κ1) is 23.4. The van der Waals surface area contributed by atoms with Crippen molar-refractivity contribution in [3.63, 3.8) is 0 Å². The van der Waals surface area contributed by atoms with E-state index in [1.54, 1.807) is 6.07 Å². The van der Waals surface area contributed by atoms with Crippen LogP contribution in [0.15, 0.2) is 71.9 Å². The van der Waals surface area contributed by atoms with E-state index >= 15 is 0 Å². The second-order valence-electron chi connectivity index (χ2n) is 9.11. The predicted molar refractivity (Wildman–Crippen MR) is 138 cm³/mol. The van der Waals surface area contributed by atoms with Crippen LogP contribution in [0.5, 0.6) is 11.5 Å².